The predicted octanol–water partition coefficient (Wildman–Crippen LogP) is 5.14. The molecule has 0 unspecified atom stereocenters. The average molecular weight is 283 g/mol. The van der Waals surface area contributed by atoms with Gasteiger partial charge in [-0.2, -0.15) is 0 Å². The zero-order valence-electron chi connectivity index (χ0n) is 13.2. The summed E-state index contributed by atoms with van der Waals surface area (Å²) in [6, 6.07) is 0. The molecule has 0 aromatic carbocycles. The molecule has 0 fully saturated rings. The number of amides is 1. The molecule has 3 heteroatoms. The lowest BCUT2D eigenvalue weighted by Gasteiger charge is -2.00. The van der Waals surface area contributed by atoms with Crippen LogP contribution in [0.15, 0.2) is 12.2 Å². The molecule has 1 amide bonds. The number of hydrogen-bond acceptors (Lipinski definition) is 2. The topological polar surface area (TPSA) is 49.3 Å². The Kier molecular flexibility index (Phi) is 15.6. The van der Waals surface area contributed by atoms with E-state index in [4.69, 9.17) is 5.21 Å². The molecular weight excluding hydrogens is 250 g/mol. The van der Waals surface area contributed by atoms with E-state index in [-0.39, 0.29) is 5.91 Å². The normalized spacial score (nSPS) is 11.1. The summed E-state index contributed by atoms with van der Waals surface area (Å²) >= 11 is 0. The van der Waals surface area contributed by atoms with Crippen LogP contribution in [-0.4, -0.2) is 11.1 Å². The first-order valence-electron chi connectivity index (χ1n) is 8.39. The first-order chi connectivity index (χ1) is 9.81. The zero-order chi connectivity index (χ0) is 14.9. The molecule has 0 aliphatic carbocycles. The van der Waals surface area contributed by atoms with E-state index in [2.05, 4.69) is 19.1 Å². The monoisotopic (exact) mass is 283 g/mol. The molecule has 0 aliphatic rings. The number of hydrogen-bond donors (Lipinski definition) is 2. The van der Waals surface area contributed by atoms with E-state index in [1.807, 2.05) is 0 Å². The molecule has 0 bridgehead atoms. The van der Waals surface area contributed by atoms with Crippen molar-refractivity contribution in [2.75, 3.05) is 0 Å². The lowest BCUT2D eigenvalue weighted by molar-refractivity contribution is -0.129. The molecule has 0 saturated heterocycles. The van der Waals surface area contributed by atoms with Gasteiger partial charge >= 0.3 is 0 Å². The van der Waals surface area contributed by atoms with Crippen LogP contribution >= 0.6 is 0 Å². The Morgan fingerprint density at radius 2 is 1.35 bits per heavy atom. The molecule has 0 heterocycles. The Labute approximate surface area is 124 Å². The third-order valence-corrected chi connectivity index (χ3v) is 3.54. The summed E-state index contributed by atoms with van der Waals surface area (Å²) in [5, 5.41) is 8.33. The molecule has 0 saturated carbocycles. The number of allylic oxidation sites excluding steroid dienone is 2. The van der Waals surface area contributed by atoms with Gasteiger partial charge in [0.2, 0.25) is 5.91 Å². The van der Waals surface area contributed by atoms with Crippen LogP contribution in [0.3, 0.4) is 0 Å². The summed E-state index contributed by atoms with van der Waals surface area (Å²) in [6.07, 6.45) is 19.9. The van der Waals surface area contributed by atoms with Gasteiger partial charge in [-0.3, -0.25) is 10.0 Å². The largest absolute Gasteiger partial charge is 0.289 e. The van der Waals surface area contributed by atoms with Gasteiger partial charge in [0.25, 0.3) is 0 Å². The maximum absolute atomic E-state index is 10.8. The van der Waals surface area contributed by atoms with Gasteiger partial charge in [0.1, 0.15) is 0 Å². The fraction of sp³-hybridized carbons (Fsp3) is 0.824. The number of carbonyl (C=O) groups excluding carboxylic acids is 1. The van der Waals surface area contributed by atoms with E-state index in [1.165, 1.54) is 64.2 Å². The summed E-state index contributed by atoms with van der Waals surface area (Å²) in [6.45, 7) is 2.25. The van der Waals surface area contributed by atoms with Gasteiger partial charge in [-0.25, -0.2) is 5.48 Å². The Bertz CT molecular complexity index is 239. The molecule has 0 aliphatic heterocycles. The molecule has 0 atom stereocenters. The van der Waals surface area contributed by atoms with Crippen LogP contribution in [0.2, 0.25) is 0 Å². The molecule has 0 aromatic heterocycles. The molecule has 0 rings (SSSR count). The van der Waals surface area contributed by atoms with Gasteiger partial charge in [0.15, 0.2) is 0 Å². The highest BCUT2D eigenvalue weighted by atomic mass is 16.5. The number of unbranched alkanes of at least 4 members (excludes halogenated alkanes) is 10. The summed E-state index contributed by atoms with van der Waals surface area (Å²) in [7, 11) is 0. The minimum absolute atomic E-state index is 0.271. The number of rotatable bonds is 14. The summed E-state index contributed by atoms with van der Waals surface area (Å²) in [5.41, 5.74) is 1.66. The third-order valence-electron chi connectivity index (χ3n) is 3.54. The van der Waals surface area contributed by atoms with Gasteiger partial charge in [-0.1, -0.05) is 64.0 Å². The van der Waals surface area contributed by atoms with E-state index >= 15 is 0 Å². The smallest absolute Gasteiger partial charge is 0.243 e. The van der Waals surface area contributed by atoms with Gasteiger partial charge < -0.3 is 0 Å². The number of nitrogens with one attached hydrogen (secondary N) is 1. The maximum atomic E-state index is 10.8. The van der Waals surface area contributed by atoms with Crippen LogP contribution in [0, 0.1) is 0 Å². The van der Waals surface area contributed by atoms with Gasteiger partial charge in [0.05, 0.1) is 0 Å². The van der Waals surface area contributed by atoms with Gasteiger partial charge in [-0.15, -0.1) is 0 Å². The molecule has 20 heavy (non-hydrogen) atoms. The van der Waals surface area contributed by atoms with E-state index in [1.54, 1.807) is 5.48 Å². The summed E-state index contributed by atoms with van der Waals surface area (Å²) < 4.78 is 0. The Balaban J connectivity index is 3.10. The van der Waals surface area contributed by atoms with Crippen molar-refractivity contribution in [1.82, 2.24) is 5.48 Å². The summed E-state index contributed by atoms with van der Waals surface area (Å²) in [5.74, 6) is -0.271. The second-order valence-electron chi connectivity index (χ2n) is 5.52. The molecule has 118 valence electrons. The quantitative estimate of drug-likeness (QED) is 0.201. The molecule has 0 radical (unpaired) electrons. The van der Waals surface area contributed by atoms with Crippen LogP contribution < -0.4 is 5.48 Å². The van der Waals surface area contributed by atoms with E-state index in [0.717, 1.165) is 12.8 Å². The fourth-order valence-electron chi connectivity index (χ4n) is 2.24. The highest BCUT2D eigenvalue weighted by Gasteiger charge is 1.97. The van der Waals surface area contributed by atoms with Gasteiger partial charge in [-0.05, 0) is 32.1 Å². The van der Waals surface area contributed by atoms with Crippen LogP contribution in [0.1, 0.15) is 90.4 Å². The Hall–Kier alpha value is -0.830. The number of carbonyl (C=O) groups is 1. The molecular formula is C17H33NO2. The van der Waals surface area contributed by atoms with Crippen LogP contribution in [-0.2, 0) is 4.79 Å². The van der Waals surface area contributed by atoms with Crippen molar-refractivity contribution >= 4 is 5.91 Å². The molecule has 0 spiro atoms. The Morgan fingerprint density at radius 1 is 0.850 bits per heavy atom. The average Bonchev–Trinajstić information content (AvgIpc) is 2.47. The van der Waals surface area contributed by atoms with E-state index in [0.29, 0.717) is 6.42 Å². The second-order valence-corrected chi connectivity index (χ2v) is 5.52. The lowest BCUT2D eigenvalue weighted by atomic mass is 10.1. The van der Waals surface area contributed by atoms with Crippen LogP contribution in [0.25, 0.3) is 0 Å². The van der Waals surface area contributed by atoms with Crippen molar-refractivity contribution in [3.8, 4) is 0 Å². The van der Waals surface area contributed by atoms with Crippen molar-refractivity contribution < 1.29 is 10.0 Å². The molecule has 2 N–H and O–H groups in total. The van der Waals surface area contributed by atoms with Crippen molar-refractivity contribution in [1.29, 1.82) is 0 Å². The van der Waals surface area contributed by atoms with Crippen LogP contribution in [0.4, 0.5) is 0 Å². The lowest BCUT2D eigenvalue weighted by Crippen LogP contribution is -2.17. The van der Waals surface area contributed by atoms with Crippen molar-refractivity contribution in [3.05, 3.63) is 12.2 Å². The minimum Gasteiger partial charge on any atom is -0.289 e. The first kappa shape index (κ1) is 19.2. The second kappa shape index (κ2) is 16.2. The highest BCUT2D eigenvalue weighted by Crippen LogP contribution is 2.09. The standard InChI is InChI=1S/C17H33NO2/c1-2-3-4-5-6-7-8-9-10-11-12-13-14-15-16-17(19)18-20/h8-9,20H,2-7,10-16H2,1H3,(H,18,19)/b9-8-. The number of hydroxylamine groups is 1. The highest BCUT2D eigenvalue weighted by molar-refractivity contribution is 5.74. The maximum Gasteiger partial charge on any atom is 0.243 e. The zero-order valence-corrected chi connectivity index (χ0v) is 13.2. The third kappa shape index (κ3) is 15.2. The fourth-order valence-corrected chi connectivity index (χ4v) is 2.24. The summed E-state index contributed by atoms with van der Waals surface area (Å²) in [4.78, 5) is 10.8. The van der Waals surface area contributed by atoms with E-state index < -0.39 is 0 Å². The predicted molar refractivity (Wildman–Crippen MR) is 84.8 cm³/mol. The van der Waals surface area contributed by atoms with Crippen molar-refractivity contribution in [3.63, 3.8) is 0 Å². The van der Waals surface area contributed by atoms with E-state index in [9.17, 15) is 4.79 Å². The minimum atomic E-state index is -0.271. The molecule has 3 nitrogen and oxygen atoms in total. The SMILES string of the molecule is CCCCCCC/C=C\CCCCCCCC(=O)NO. The molecule has 0 aromatic rings. The van der Waals surface area contributed by atoms with Crippen molar-refractivity contribution in [2.24, 2.45) is 0 Å². The Morgan fingerprint density at radius 3 is 1.90 bits per heavy atom. The van der Waals surface area contributed by atoms with Gasteiger partial charge in [0, 0.05) is 6.42 Å². The van der Waals surface area contributed by atoms with Crippen molar-refractivity contribution in [2.45, 2.75) is 90.4 Å². The first-order valence-corrected chi connectivity index (χ1v) is 8.39. The van der Waals surface area contributed by atoms with Crippen LogP contribution in [0.5, 0.6) is 0 Å².